The number of fused-ring (bicyclic) bond motifs is 2. The van der Waals surface area contributed by atoms with Crippen molar-refractivity contribution in [3.05, 3.63) is 69.0 Å². The molecule has 3 nitrogen and oxygen atoms in total. The Morgan fingerprint density at radius 1 is 0.885 bits per heavy atom. The van der Waals surface area contributed by atoms with Gasteiger partial charge in [0.15, 0.2) is 0 Å². The first kappa shape index (κ1) is 16.9. The van der Waals surface area contributed by atoms with E-state index in [4.69, 9.17) is 20.4 Å². The third-order valence-corrected chi connectivity index (χ3v) is 4.99. The minimum absolute atomic E-state index is 0.0158. The van der Waals surface area contributed by atoms with Crippen molar-refractivity contribution in [2.75, 3.05) is 0 Å². The monoisotopic (exact) mass is 366 g/mol. The van der Waals surface area contributed by atoms with Crippen LogP contribution in [0.3, 0.4) is 0 Å². The fraction of sp³-hybridized carbons (Fsp3) is 0.227. The molecule has 0 saturated carbocycles. The summed E-state index contributed by atoms with van der Waals surface area (Å²) in [6.07, 6.45) is 0. The highest BCUT2D eigenvalue weighted by atomic mass is 35.5. The molecule has 0 aliphatic carbocycles. The molecule has 0 fully saturated rings. The minimum atomic E-state index is -0.395. The van der Waals surface area contributed by atoms with Crippen molar-refractivity contribution in [1.82, 2.24) is 0 Å². The molecule has 0 atom stereocenters. The Hall–Kier alpha value is -2.52. The van der Waals surface area contributed by atoms with Crippen molar-refractivity contribution >= 4 is 33.5 Å². The van der Waals surface area contributed by atoms with Crippen LogP contribution in [0.25, 0.3) is 33.3 Å². The summed E-state index contributed by atoms with van der Waals surface area (Å²) in [5.74, 6) is 0.672. The largest absolute Gasteiger partial charge is 0.456 e. The predicted octanol–water partition coefficient (Wildman–Crippen LogP) is 6.47. The molecule has 4 aromatic rings. The summed E-state index contributed by atoms with van der Waals surface area (Å²) < 4.78 is 11.5. The second-order valence-corrected chi connectivity index (χ2v) is 8.07. The van der Waals surface area contributed by atoms with Crippen LogP contribution in [-0.2, 0) is 5.41 Å². The maximum Gasteiger partial charge on any atom is 0.336 e. The molecule has 0 unspecified atom stereocenters. The van der Waals surface area contributed by atoms with Crippen molar-refractivity contribution in [2.24, 2.45) is 0 Å². The van der Waals surface area contributed by atoms with Crippen LogP contribution in [0.2, 0.25) is 5.02 Å². The van der Waals surface area contributed by atoms with Crippen LogP contribution in [0.1, 0.15) is 31.9 Å². The van der Waals surface area contributed by atoms with E-state index >= 15 is 0 Å². The first-order valence-electron chi connectivity index (χ1n) is 8.51. The Bertz CT molecular complexity index is 1210. The topological polar surface area (TPSA) is 43.4 Å². The number of furan rings is 1. The third kappa shape index (κ3) is 2.73. The van der Waals surface area contributed by atoms with E-state index in [1.165, 1.54) is 6.07 Å². The maximum absolute atomic E-state index is 12.1. The zero-order chi connectivity index (χ0) is 18.6. The average molecular weight is 367 g/mol. The van der Waals surface area contributed by atoms with Gasteiger partial charge in [0, 0.05) is 33.0 Å². The molecule has 2 heterocycles. The standard InChI is InChI=1S/C22H19ClO3/c1-12-15-10-14(23)6-8-18(15)26-21(12)17-11-20(24)25-19-7-5-13(9-16(17)19)22(2,3)4/h5-11H,1-4H3. The highest BCUT2D eigenvalue weighted by molar-refractivity contribution is 6.31. The van der Waals surface area contributed by atoms with Gasteiger partial charge < -0.3 is 8.83 Å². The number of hydrogen-bond acceptors (Lipinski definition) is 3. The van der Waals surface area contributed by atoms with Gasteiger partial charge in [0.1, 0.15) is 16.9 Å². The lowest BCUT2D eigenvalue weighted by Gasteiger charge is -2.19. The van der Waals surface area contributed by atoms with Crippen molar-refractivity contribution < 1.29 is 8.83 Å². The van der Waals surface area contributed by atoms with Gasteiger partial charge in [-0.25, -0.2) is 4.79 Å². The van der Waals surface area contributed by atoms with Gasteiger partial charge in [-0.1, -0.05) is 38.4 Å². The number of halogens is 1. The lowest BCUT2D eigenvalue weighted by molar-refractivity contribution is 0.557. The molecule has 26 heavy (non-hydrogen) atoms. The molecular formula is C22H19ClO3. The van der Waals surface area contributed by atoms with E-state index in [0.717, 1.165) is 33.0 Å². The fourth-order valence-electron chi connectivity index (χ4n) is 3.27. The quantitative estimate of drug-likeness (QED) is 0.363. The molecule has 4 heteroatoms. The van der Waals surface area contributed by atoms with Gasteiger partial charge in [0.25, 0.3) is 0 Å². The van der Waals surface area contributed by atoms with E-state index in [1.54, 1.807) is 6.07 Å². The second kappa shape index (κ2) is 5.75. The van der Waals surface area contributed by atoms with Gasteiger partial charge in [-0.15, -0.1) is 0 Å². The molecule has 132 valence electrons. The summed E-state index contributed by atoms with van der Waals surface area (Å²) in [7, 11) is 0. The molecule has 2 aromatic heterocycles. The summed E-state index contributed by atoms with van der Waals surface area (Å²) in [5.41, 5.74) is 3.75. The summed E-state index contributed by atoms with van der Waals surface area (Å²) in [5, 5.41) is 2.46. The number of aryl methyl sites for hydroxylation is 1. The Balaban J connectivity index is 2.07. The normalized spacial score (nSPS) is 12.2. The Labute approximate surface area is 156 Å². The molecule has 0 aliphatic heterocycles. The molecule has 4 rings (SSSR count). The van der Waals surface area contributed by atoms with Crippen molar-refractivity contribution in [1.29, 1.82) is 0 Å². The van der Waals surface area contributed by atoms with Crippen LogP contribution in [0.15, 0.2) is 56.1 Å². The van der Waals surface area contributed by atoms with Crippen LogP contribution in [0.5, 0.6) is 0 Å². The van der Waals surface area contributed by atoms with E-state index in [-0.39, 0.29) is 5.41 Å². The molecule has 0 spiro atoms. The number of benzene rings is 2. The first-order chi connectivity index (χ1) is 12.2. The third-order valence-electron chi connectivity index (χ3n) is 4.75. The zero-order valence-corrected chi connectivity index (χ0v) is 15.9. The summed E-state index contributed by atoms with van der Waals surface area (Å²) in [6.45, 7) is 8.44. The van der Waals surface area contributed by atoms with Gasteiger partial charge in [0.2, 0.25) is 0 Å². The summed E-state index contributed by atoms with van der Waals surface area (Å²) >= 11 is 6.13. The molecule has 2 aromatic carbocycles. The molecular weight excluding hydrogens is 348 g/mol. The molecule has 0 N–H and O–H groups in total. The SMILES string of the molecule is Cc1c(-c2cc(=O)oc3ccc(C(C)(C)C)cc23)oc2ccc(Cl)cc12. The number of rotatable bonds is 1. The van der Waals surface area contributed by atoms with Crippen LogP contribution in [0.4, 0.5) is 0 Å². The van der Waals surface area contributed by atoms with Gasteiger partial charge in [-0.05, 0) is 48.2 Å². The highest BCUT2D eigenvalue weighted by Crippen LogP contribution is 2.38. The average Bonchev–Trinajstić information content (AvgIpc) is 2.89. The van der Waals surface area contributed by atoms with E-state index in [0.29, 0.717) is 16.4 Å². The van der Waals surface area contributed by atoms with Crippen LogP contribution < -0.4 is 5.63 Å². The number of hydrogen-bond donors (Lipinski definition) is 0. The van der Waals surface area contributed by atoms with E-state index < -0.39 is 5.63 Å². The first-order valence-corrected chi connectivity index (χ1v) is 8.89. The van der Waals surface area contributed by atoms with Crippen molar-refractivity contribution in [3.8, 4) is 11.3 Å². The summed E-state index contributed by atoms with van der Waals surface area (Å²) in [4.78, 5) is 12.1. The van der Waals surface area contributed by atoms with Crippen molar-refractivity contribution in [3.63, 3.8) is 0 Å². The van der Waals surface area contributed by atoms with Gasteiger partial charge in [0.05, 0.1) is 0 Å². The minimum Gasteiger partial charge on any atom is -0.456 e. The molecule has 0 amide bonds. The van der Waals surface area contributed by atoms with Crippen molar-refractivity contribution in [2.45, 2.75) is 33.1 Å². The Kier molecular flexibility index (Phi) is 3.74. The second-order valence-electron chi connectivity index (χ2n) is 7.64. The van der Waals surface area contributed by atoms with E-state index in [1.807, 2.05) is 31.2 Å². The predicted molar refractivity (Wildman–Crippen MR) is 106 cm³/mol. The van der Waals surface area contributed by atoms with Crippen LogP contribution in [0, 0.1) is 6.92 Å². The summed E-state index contributed by atoms with van der Waals surface area (Å²) in [6, 6.07) is 13.0. The molecule has 0 bridgehead atoms. The highest BCUT2D eigenvalue weighted by Gasteiger charge is 2.20. The zero-order valence-electron chi connectivity index (χ0n) is 15.1. The lowest BCUT2D eigenvalue weighted by Crippen LogP contribution is -2.11. The Morgan fingerprint density at radius 3 is 2.31 bits per heavy atom. The maximum atomic E-state index is 12.1. The smallest absolute Gasteiger partial charge is 0.336 e. The Morgan fingerprint density at radius 2 is 1.58 bits per heavy atom. The van der Waals surface area contributed by atoms with Gasteiger partial charge in [-0.2, -0.15) is 0 Å². The van der Waals surface area contributed by atoms with Crippen LogP contribution in [-0.4, -0.2) is 0 Å². The van der Waals surface area contributed by atoms with Crippen LogP contribution >= 0.6 is 11.6 Å². The molecule has 0 saturated heterocycles. The fourth-order valence-corrected chi connectivity index (χ4v) is 3.44. The lowest BCUT2D eigenvalue weighted by atomic mass is 9.86. The van der Waals surface area contributed by atoms with E-state index in [9.17, 15) is 4.79 Å². The van der Waals surface area contributed by atoms with Gasteiger partial charge >= 0.3 is 5.63 Å². The molecule has 0 aliphatic rings. The van der Waals surface area contributed by atoms with E-state index in [2.05, 4.69) is 26.8 Å². The van der Waals surface area contributed by atoms with Gasteiger partial charge in [-0.3, -0.25) is 0 Å². The molecule has 0 radical (unpaired) electrons.